The summed E-state index contributed by atoms with van der Waals surface area (Å²) in [7, 11) is 2.80. The molecule has 0 unspecified atom stereocenters. The van der Waals surface area contributed by atoms with E-state index in [-0.39, 0.29) is 5.78 Å². The van der Waals surface area contributed by atoms with Crippen molar-refractivity contribution in [3.8, 4) is 17.6 Å². The van der Waals surface area contributed by atoms with E-state index in [1.165, 1.54) is 14.0 Å². The maximum atomic E-state index is 14.4. The number of benzene rings is 3. The van der Waals surface area contributed by atoms with Gasteiger partial charge in [-0.15, -0.1) is 0 Å². The van der Waals surface area contributed by atoms with Crippen molar-refractivity contribution in [2.24, 2.45) is 5.41 Å². The van der Waals surface area contributed by atoms with Crippen LogP contribution >= 0.6 is 0 Å². The van der Waals surface area contributed by atoms with Gasteiger partial charge in [0, 0.05) is 24.1 Å². The SMILES string of the molecule is COC(=O)[C@]1(C#N)[C@H](c2ccc(OC)cc2)[C@H](C(=O)c2ccc(OC(C)=O)cc2)N2c3ccccc3C=C[C@H]21. The third kappa shape index (κ3) is 4.12. The highest BCUT2D eigenvalue weighted by Gasteiger charge is 2.67. The van der Waals surface area contributed by atoms with Crippen molar-refractivity contribution in [1.29, 1.82) is 5.26 Å². The van der Waals surface area contributed by atoms with E-state index in [0.717, 1.165) is 11.3 Å². The van der Waals surface area contributed by atoms with Gasteiger partial charge in [0.2, 0.25) is 0 Å². The lowest BCUT2D eigenvalue weighted by molar-refractivity contribution is -0.150. The first-order valence-electron chi connectivity index (χ1n) is 12.4. The standard InChI is InChI=1S/C31H26N2O6/c1-19(34)39-24-15-10-22(11-16-24)29(35)28-27(21-8-13-23(37-2)14-9-21)31(18-32,30(36)38-3)26-17-12-20-6-4-5-7-25(20)33(26)28/h4-17,26-28H,1-3H3/t26-,27+,28+,31-/m0/s1. The van der Waals surface area contributed by atoms with Crippen LogP contribution in [0.4, 0.5) is 5.69 Å². The fraction of sp³-hybridized carbons (Fsp3) is 0.226. The molecule has 196 valence electrons. The van der Waals surface area contributed by atoms with Gasteiger partial charge in [-0.05, 0) is 53.6 Å². The van der Waals surface area contributed by atoms with Crippen LogP contribution in [0.2, 0.25) is 0 Å². The minimum atomic E-state index is -1.73. The summed E-state index contributed by atoms with van der Waals surface area (Å²) in [6.45, 7) is 1.30. The molecule has 0 radical (unpaired) electrons. The lowest BCUT2D eigenvalue weighted by Gasteiger charge is -2.36. The number of hydrogen-bond acceptors (Lipinski definition) is 8. The Labute approximate surface area is 226 Å². The first-order chi connectivity index (χ1) is 18.8. The summed E-state index contributed by atoms with van der Waals surface area (Å²) in [5.74, 6) is -1.46. The molecule has 1 fully saturated rings. The largest absolute Gasteiger partial charge is 0.497 e. The van der Waals surface area contributed by atoms with Gasteiger partial charge in [0.15, 0.2) is 11.2 Å². The van der Waals surface area contributed by atoms with E-state index in [4.69, 9.17) is 14.2 Å². The predicted molar refractivity (Wildman–Crippen MR) is 143 cm³/mol. The molecule has 2 aliphatic rings. The van der Waals surface area contributed by atoms with Crippen molar-refractivity contribution < 1.29 is 28.6 Å². The number of fused-ring (bicyclic) bond motifs is 3. The Morgan fingerprint density at radius 2 is 1.59 bits per heavy atom. The van der Waals surface area contributed by atoms with Gasteiger partial charge in [-0.25, -0.2) is 0 Å². The zero-order valence-corrected chi connectivity index (χ0v) is 21.7. The van der Waals surface area contributed by atoms with Crippen molar-refractivity contribution in [2.75, 3.05) is 19.1 Å². The molecule has 3 aromatic carbocycles. The van der Waals surface area contributed by atoms with E-state index >= 15 is 0 Å². The lowest BCUT2D eigenvalue weighted by atomic mass is 9.68. The number of ether oxygens (including phenoxy) is 3. The molecular weight excluding hydrogens is 496 g/mol. The molecule has 0 saturated carbocycles. The molecule has 2 heterocycles. The monoisotopic (exact) mass is 522 g/mol. The highest BCUT2D eigenvalue weighted by Crippen LogP contribution is 2.56. The van der Waals surface area contributed by atoms with Crippen molar-refractivity contribution in [2.45, 2.75) is 24.9 Å². The summed E-state index contributed by atoms with van der Waals surface area (Å²) in [5.41, 5.74) is 0.839. The van der Waals surface area contributed by atoms with Gasteiger partial charge < -0.3 is 19.1 Å². The molecule has 0 aromatic heterocycles. The third-order valence-corrected chi connectivity index (χ3v) is 7.40. The van der Waals surface area contributed by atoms with Crippen LogP contribution < -0.4 is 14.4 Å². The van der Waals surface area contributed by atoms with Gasteiger partial charge in [-0.1, -0.05) is 42.5 Å². The zero-order valence-electron chi connectivity index (χ0n) is 21.7. The molecule has 1 saturated heterocycles. The predicted octanol–water partition coefficient (Wildman–Crippen LogP) is 4.55. The summed E-state index contributed by atoms with van der Waals surface area (Å²) in [5, 5.41) is 10.7. The molecule has 8 nitrogen and oxygen atoms in total. The smallest absolute Gasteiger partial charge is 0.329 e. The zero-order chi connectivity index (χ0) is 27.7. The summed E-state index contributed by atoms with van der Waals surface area (Å²) in [6, 6.07) is 21.4. The number of esters is 2. The number of ketones is 1. The average molecular weight is 523 g/mol. The molecule has 0 N–H and O–H groups in total. The fourth-order valence-corrected chi connectivity index (χ4v) is 5.74. The van der Waals surface area contributed by atoms with Gasteiger partial charge in [-0.3, -0.25) is 14.4 Å². The Hall–Kier alpha value is -4.90. The minimum Gasteiger partial charge on any atom is -0.497 e. The number of para-hydroxylation sites is 1. The van der Waals surface area contributed by atoms with Crippen LogP contribution in [-0.2, 0) is 14.3 Å². The molecule has 0 spiro atoms. The number of carbonyl (C=O) groups excluding carboxylic acids is 3. The number of nitrogens with zero attached hydrogens (tertiary/aromatic N) is 2. The molecule has 0 aliphatic carbocycles. The van der Waals surface area contributed by atoms with Gasteiger partial charge in [0.25, 0.3) is 0 Å². The second-order valence-electron chi connectivity index (χ2n) is 9.42. The molecule has 39 heavy (non-hydrogen) atoms. The molecule has 3 aromatic rings. The van der Waals surface area contributed by atoms with Gasteiger partial charge in [-0.2, -0.15) is 5.26 Å². The number of carbonyl (C=O) groups is 3. The van der Waals surface area contributed by atoms with E-state index in [1.54, 1.807) is 61.7 Å². The Morgan fingerprint density at radius 3 is 2.21 bits per heavy atom. The summed E-state index contributed by atoms with van der Waals surface area (Å²) in [6.07, 6.45) is 3.67. The summed E-state index contributed by atoms with van der Waals surface area (Å²) in [4.78, 5) is 41.2. The quantitative estimate of drug-likeness (QED) is 0.264. The number of anilines is 1. The van der Waals surface area contributed by atoms with E-state index in [1.807, 2.05) is 35.2 Å². The average Bonchev–Trinajstić information content (AvgIpc) is 3.28. The van der Waals surface area contributed by atoms with E-state index in [9.17, 15) is 19.6 Å². The van der Waals surface area contributed by atoms with Gasteiger partial charge in [0.05, 0.1) is 26.3 Å². The maximum absolute atomic E-state index is 14.4. The number of Topliss-reactive ketones (excluding diaryl/α,β-unsaturated/α-hetero) is 1. The molecule has 4 atom stereocenters. The topological polar surface area (TPSA) is 106 Å². The van der Waals surface area contributed by atoms with Crippen LogP contribution in [0.25, 0.3) is 6.08 Å². The Bertz CT molecular complexity index is 1510. The van der Waals surface area contributed by atoms with E-state index in [0.29, 0.717) is 22.6 Å². The molecular formula is C31H26N2O6. The van der Waals surface area contributed by atoms with E-state index in [2.05, 4.69) is 6.07 Å². The maximum Gasteiger partial charge on any atom is 0.329 e. The molecule has 0 amide bonds. The summed E-state index contributed by atoms with van der Waals surface area (Å²) >= 11 is 0. The van der Waals surface area contributed by atoms with Crippen LogP contribution in [0.1, 0.15) is 34.3 Å². The molecule has 5 rings (SSSR count). The minimum absolute atomic E-state index is 0.290. The first kappa shape index (κ1) is 25.7. The van der Waals surface area contributed by atoms with Crippen LogP contribution in [0.3, 0.4) is 0 Å². The Balaban J connectivity index is 1.74. The van der Waals surface area contributed by atoms with E-state index < -0.39 is 35.4 Å². The first-order valence-corrected chi connectivity index (χ1v) is 12.4. The van der Waals surface area contributed by atoms with Crippen molar-refractivity contribution >= 4 is 29.5 Å². The van der Waals surface area contributed by atoms with Crippen LogP contribution in [-0.4, -0.2) is 44.0 Å². The Kier molecular flexibility index (Phi) is 6.67. The highest BCUT2D eigenvalue weighted by molar-refractivity contribution is 6.06. The Morgan fingerprint density at radius 1 is 0.923 bits per heavy atom. The number of nitriles is 1. The van der Waals surface area contributed by atoms with Crippen molar-refractivity contribution in [3.05, 3.63) is 95.6 Å². The van der Waals surface area contributed by atoms with Crippen LogP contribution in [0, 0.1) is 16.7 Å². The van der Waals surface area contributed by atoms with Crippen LogP contribution in [0.5, 0.6) is 11.5 Å². The van der Waals surface area contributed by atoms with Crippen LogP contribution in [0.15, 0.2) is 78.9 Å². The second-order valence-corrected chi connectivity index (χ2v) is 9.42. The van der Waals surface area contributed by atoms with Gasteiger partial charge in [0.1, 0.15) is 17.5 Å². The number of rotatable bonds is 6. The molecule has 0 bridgehead atoms. The van der Waals surface area contributed by atoms with Crippen molar-refractivity contribution in [3.63, 3.8) is 0 Å². The molecule has 2 aliphatic heterocycles. The fourth-order valence-electron chi connectivity index (χ4n) is 5.74. The third-order valence-electron chi connectivity index (χ3n) is 7.40. The van der Waals surface area contributed by atoms with Crippen molar-refractivity contribution in [1.82, 2.24) is 0 Å². The second kappa shape index (κ2) is 10.1. The number of methoxy groups -OCH3 is 2. The normalized spacial score (nSPS) is 22.7. The number of hydrogen-bond donors (Lipinski definition) is 0. The summed E-state index contributed by atoms with van der Waals surface area (Å²) < 4.78 is 15.7. The highest BCUT2D eigenvalue weighted by atomic mass is 16.5. The van der Waals surface area contributed by atoms with Gasteiger partial charge >= 0.3 is 11.9 Å². The molecule has 8 heteroatoms. The lowest BCUT2D eigenvalue weighted by Crippen LogP contribution is -2.46.